The van der Waals surface area contributed by atoms with E-state index in [9.17, 15) is 34.5 Å². The Bertz CT molecular complexity index is 1460. The molecule has 2 aromatic rings. The van der Waals surface area contributed by atoms with Gasteiger partial charge in [0.15, 0.2) is 11.6 Å². The van der Waals surface area contributed by atoms with Crippen molar-refractivity contribution in [2.24, 2.45) is 23.5 Å². The van der Waals surface area contributed by atoms with Crippen molar-refractivity contribution >= 4 is 23.4 Å². The lowest BCUT2D eigenvalue weighted by atomic mass is 9.62. The molecule has 10 heteroatoms. The van der Waals surface area contributed by atoms with Gasteiger partial charge in [-0.25, -0.2) is 0 Å². The number of nitrogens with zero attached hydrogens (tertiary/aromatic N) is 1. The Morgan fingerprint density at radius 2 is 1.92 bits per heavy atom. The highest BCUT2D eigenvalue weighted by Gasteiger charge is 2.50. The zero-order valence-electron chi connectivity index (χ0n) is 20.7. The molecule has 6 N–H and O–H groups in total. The predicted molar refractivity (Wildman–Crippen MR) is 134 cm³/mol. The molecule has 0 aliphatic heterocycles. The van der Waals surface area contributed by atoms with Gasteiger partial charge in [-0.15, -0.1) is 0 Å². The van der Waals surface area contributed by atoms with Gasteiger partial charge in [0.2, 0.25) is 0 Å². The molecule has 0 saturated heterocycles. The van der Waals surface area contributed by atoms with E-state index in [0.29, 0.717) is 36.0 Å². The summed E-state index contributed by atoms with van der Waals surface area (Å²) in [7, 11) is 0. The molecular formula is C28H27N3O7. The molecule has 3 aliphatic carbocycles. The summed E-state index contributed by atoms with van der Waals surface area (Å²) in [6.45, 7) is 1.87. The normalized spacial score (nSPS) is 22.5. The van der Waals surface area contributed by atoms with Gasteiger partial charge in [0, 0.05) is 36.5 Å². The van der Waals surface area contributed by atoms with Crippen molar-refractivity contribution in [1.29, 1.82) is 0 Å². The highest BCUT2D eigenvalue weighted by atomic mass is 16.3. The molecule has 0 bridgehead atoms. The Kier molecular flexibility index (Phi) is 6.26. The fraction of sp³-hybridized carbons (Fsp3) is 0.321. The molecule has 196 valence electrons. The number of phenols is 1. The van der Waals surface area contributed by atoms with Crippen LogP contribution in [0, 0.1) is 17.8 Å². The summed E-state index contributed by atoms with van der Waals surface area (Å²) in [6, 6.07) is 5.00. The van der Waals surface area contributed by atoms with Gasteiger partial charge in [0.25, 0.3) is 11.8 Å². The Balaban J connectivity index is 1.53. The number of aliphatic hydroxyl groups excluding tert-OH is 2. The lowest BCUT2D eigenvalue weighted by molar-refractivity contribution is -0.126. The lowest BCUT2D eigenvalue weighted by Gasteiger charge is -2.41. The first-order valence-corrected chi connectivity index (χ1v) is 12.4. The van der Waals surface area contributed by atoms with E-state index in [0.717, 1.165) is 5.56 Å². The number of primary amides is 1. The van der Waals surface area contributed by atoms with Gasteiger partial charge in [-0.05, 0) is 54.4 Å². The number of aromatic hydroxyl groups is 1. The maximum absolute atomic E-state index is 13.8. The van der Waals surface area contributed by atoms with E-state index in [1.165, 1.54) is 6.20 Å². The zero-order valence-corrected chi connectivity index (χ0v) is 20.7. The van der Waals surface area contributed by atoms with E-state index in [4.69, 9.17) is 5.73 Å². The number of aromatic nitrogens is 1. The molecule has 1 aromatic heterocycles. The molecule has 2 amide bonds. The van der Waals surface area contributed by atoms with Crippen molar-refractivity contribution in [1.82, 2.24) is 10.3 Å². The van der Waals surface area contributed by atoms with Gasteiger partial charge in [0.1, 0.15) is 22.8 Å². The number of carbonyl (C=O) groups excluding carboxylic acids is 4. The molecule has 1 aromatic carbocycles. The van der Waals surface area contributed by atoms with Crippen LogP contribution < -0.4 is 11.1 Å². The number of pyridine rings is 1. The molecule has 0 radical (unpaired) electrons. The largest absolute Gasteiger partial charge is 0.511 e. The molecule has 38 heavy (non-hydrogen) atoms. The van der Waals surface area contributed by atoms with Crippen LogP contribution in [0.15, 0.2) is 53.3 Å². The van der Waals surface area contributed by atoms with Crippen LogP contribution in [-0.2, 0) is 29.0 Å². The minimum atomic E-state index is -1.17. The number of hydrogen-bond donors (Lipinski definition) is 5. The van der Waals surface area contributed by atoms with E-state index in [-0.39, 0.29) is 29.9 Å². The minimum absolute atomic E-state index is 0.00891. The third-order valence-electron chi connectivity index (χ3n) is 7.80. The van der Waals surface area contributed by atoms with Crippen molar-refractivity contribution in [2.45, 2.75) is 39.2 Å². The third-order valence-corrected chi connectivity index (χ3v) is 7.80. The standard InChI is InChI=1S/C28H27N3O7/c1-2-12-6-16(11-31-28(38)13-4-3-5-30-10-13)23(33)21-17(12)8-14-7-15-9-18(32)22(27(29)37)26(36)20(15)24(34)19(14)25(21)35/h3-6,10,14-15,20,32-34H,2,7-9,11H2,1H3,(H2,29,37)(H,31,38)/t14-,15+,20?/m1/s1. The Morgan fingerprint density at radius 1 is 1.16 bits per heavy atom. The number of carbonyl (C=O) groups is 4. The van der Waals surface area contributed by atoms with Gasteiger partial charge in [0.05, 0.1) is 17.0 Å². The number of nitrogens with two attached hydrogens (primary N) is 1. The smallest absolute Gasteiger partial charge is 0.255 e. The van der Waals surface area contributed by atoms with Gasteiger partial charge >= 0.3 is 0 Å². The van der Waals surface area contributed by atoms with E-state index in [1.807, 2.05) is 6.92 Å². The third kappa shape index (κ3) is 3.93. The first kappa shape index (κ1) is 25.2. The first-order chi connectivity index (χ1) is 18.1. The van der Waals surface area contributed by atoms with Gasteiger partial charge in [-0.2, -0.15) is 0 Å². The average molecular weight is 518 g/mol. The Morgan fingerprint density at radius 3 is 2.58 bits per heavy atom. The molecule has 1 heterocycles. The fourth-order valence-electron chi connectivity index (χ4n) is 6.07. The number of Topliss-reactive ketones (excluding diaryl/α,β-unsaturated/α-hetero) is 2. The zero-order chi connectivity index (χ0) is 27.3. The number of phenolic OH excluding ortho intramolecular Hbond substituents is 1. The van der Waals surface area contributed by atoms with Crippen LogP contribution >= 0.6 is 0 Å². The Hall–Kier alpha value is -4.47. The minimum Gasteiger partial charge on any atom is -0.511 e. The highest BCUT2D eigenvalue weighted by Crippen LogP contribution is 2.50. The molecule has 3 atom stereocenters. The second-order valence-electron chi connectivity index (χ2n) is 9.93. The first-order valence-electron chi connectivity index (χ1n) is 12.4. The Labute approximate surface area is 217 Å². The van der Waals surface area contributed by atoms with Crippen molar-refractivity contribution in [3.8, 4) is 5.75 Å². The summed E-state index contributed by atoms with van der Waals surface area (Å²) < 4.78 is 0. The number of rotatable bonds is 5. The predicted octanol–water partition coefficient (Wildman–Crippen LogP) is 2.35. The molecule has 1 unspecified atom stereocenters. The van der Waals surface area contributed by atoms with Crippen LogP contribution in [-0.4, -0.2) is 43.7 Å². The van der Waals surface area contributed by atoms with Crippen LogP contribution in [0.1, 0.15) is 57.2 Å². The summed E-state index contributed by atoms with van der Waals surface area (Å²) in [4.78, 5) is 55.0. The van der Waals surface area contributed by atoms with Crippen LogP contribution in [0.3, 0.4) is 0 Å². The second-order valence-corrected chi connectivity index (χ2v) is 9.93. The fourth-order valence-corrected chi connectivity index (χ4v) is 6.07. The molecule has 10 nitrogen and oxygen atoms in total. The average Bonchev–Trinajstić information content (AvgIpc) is 2.87. The van der Waals surface area contributed by atoms with Gasteiger partial charge in [-0.3, -0.25) is 24.2 Å². The monoisotopic (exact) mass is 517 g/mol. The number of fused-ring (bicyclic) bond motifs is 3. The summed E-state index contributed by atoms with van der Waals surface area (Å²) in [5.74, 6) is -6.09. The second kappa shape index (κ2) is 9.44. The van der Waals surface area contributed by atoms with Crippen molar-refractivity contribution < 1.29 is 34.5 Å². The molecule has 3 aliphatic rings. The van der Waals surface area contributed by atoms with Gasteiger partial charge in [-0.1, -0.05) is 13.0 Å². The number of nitrogens with one attached hydrogen (secondary N) is 1. The number of ketones is 2. The summed E-state index contributed by atoms with van der Waals surface area (Å²) in [6.07, 6.45) is 4.21. The summed E-state index contributed by atoms with van der Waals surface area (Å²) >= 11 is 0. The maximum atomic E-state index is 13.8. The van der Waals surface area contributed by atoms with Crippen molar-refractivity contribution in [3.05, 3.63) is 81.1 Å². The van der Waals surface area contributed by atoms with E-state index < -0.39 is 58.2 Å². The lowest BCUT2D eigenvalue weighted by Crippen LogP contribution is -2.43. The van der Waals surface area contributed by atoms with E-state index in [2.05, 4.69) is 10.3 Å². The number of aliphatic hydroxyl groups is 2. The van der Waals surface area contributed by atoms with E-state index >= 15 is 0 Å². The topological polar surface area (TPSA) is 180 Å². The molecule has 5 rings (SSSR count). The van der Waals surface area contributed by atoms with Crippen molar-refractivity contribution in [3.63, 3.8) is 0 Å². The summed E-state index contributed by atoms with van der Waals surface area (Å²) in [5.41, 5.74) is 6.99. The number of amides is 2. The molecule has 0 fully saturated rings. The van der Waals surface area contributed by atoms with Crippen LogP contribution in [0.25, 0.3) is 0 Å². The SMILES string of the molecule is CCc1cc(CNC(=O)c2cccnc2)c(O)c2c1C[C@H]1C[C@H]3CC(O)=C(C(N)=O)C(=O)C3C(O)=C1C2=O. The number of benzene rings is 1. The number of allylic oxidation sites excluding steroid dienone is 3. The van der Waals surface area contributed by atoms with E-state index in [1.54, 1.807) is 24.4 Å². The molecule has 0 saturated carbocycles. The van der Waals surface area contributed by atoms with Crippen LogP contribution in [0.5, 0.6) is 5.75 Å². The highest BCUT2D eigenvalue weighted by molar-refractivity contribution is 6.22. The van der Waals surface area contributed by atoms with Crippen LogP contribution in [0.4, 0.5) is 0 Å². The van der Waals surface area contributed by atoms with Gasteiger partial charge < -0.3 is 26.4 Å². The molecular weight excluding hydrogens is 490 g/mol. The van der Waals surface area contributed by atoms with Crippen LogP contribution in [0.2, 0.25) is 0 Å². The quantitative estimate of drug-likeness (QED) is 0.375. The maximum Gasteiger partial charge on any atom is 0.255 e. The van der Waals surface area contributed by atoms with Crippen molar-refractivity contribution in [2.75, 3.05) is 0 Å². The molecule has 0 spiro atoms. The summed E-state index contributed by atoms with van der Waals surface area (Å²) in [5, 5.41) is 35.3. The number of hydrogen-bond acceptors (Lipinski definition) is 8. The number of aryl methyl sites for hydroxylation is 1.